The molecular formula is C23H23N3O2. The Morgan fingerprint density at radius 1 is 1.11 bits per heavy atom. The Hall–Kier alpha value is -3.08. The summed E-state index contributed by atoms with van der Waals surface area (Å²) in [5.74, 6) is -0.138. The minimum Gasteiger partial charge on any atom is -0.356 e. The van der Waals surface area contributed by atoms with Crippen LogP contribution < -0.4 is 5.32 Å². The third-order valence-electron chi connectivity index (χ3n) is 6.42. The third-order valence-corrected chi connectivity index (χ3v) is 6.42. The molecule has 0 radical (unpaired) electrons. The predicted octanol–water partition coefficient (Wildman–Crippen LogP) is 3.05. The van der Waals surface area contributed by atoms with Crippen LogP contribution in [0.15, 0.2) is 48.5 Å². The van der Waals surface area contributed by atoms with Crippen molar-refractivity contribution in [3.63, 3.8) is 0 Å². The highest BCUT2D eigenvalue weighted by Crippen LogP contribution is 2.46. The first-order chi connectivity index (χ1) is 13.5. The quantitative estimate of drug-likeness (QED) is 0.725. The highest BCUT2D eigenvalue weighted by atomic mass is 16.2. The molecular weight excluding hydrogens is 350 g/mol. The van der Waals surface area contributed by atoms with Crippen LogP contribution in [0.3, 0.4) is 0 Å². The molecule has 5 heteroatoms. The van der Waals surface area contributed by atoms with Crippen molar-refractivity contribution in [1.82, 2.24) is 15.2 Å². The van der Waals surface area contributed by atoms with Crippen LogP contribution in [0.4, 0.5) is 0 Å². The summed E-state index contributed by atoms with van der Waals surface area (Å²) in [6, 6.07) is 16.8. The van der Waals surface area contributed by atoms with Crippen LogP contribution in [0.1, 0.15) is 42.1 Å². The van der Waals surface area contributed by atoms with Gasteiger partial charge in [0.05, 0.1) is 12.2 Å². The van der Waals surface area contributed by atoms with Gasteiger partial charge >= 0.3 is 0 Å². The molecule has 3 heterocycles. The number of aryl methyl sites for hydroxylation is 1. The Morgan fingerprint density at radius 3 is 2.61 bits per heavy atom. The predicted molar refractivity (Wildman–Crippen MR) is 108 cm³/mol. The van der Waals surface area contributed by atoms with E-state index in [1.807, 2.05) is 25.1 Å². The first-order valence-corrected chi connectivity index (χ1v) is 9.82. The standard InChI is InChI=1S/C23H23N3O2/c1-3-14-8-10-15(11-9-14)17-13-26-19(27)12-24-22(28)23(26,2)21-20(17)16-6-4-5-7-18(16)25-21/h4-11,17,25H,3,12-13H2,1-2H3,(H,24,28)/t17-,23-/m0/s1. The number of aromatic nitrogens is 1. The Bertz CT molecular complexity index is 1100. The van der Waals surface area contributed by atoms with Crippen molar-refractivity contribution in [3.05, 3.63) is 70.9 Å². The van der Waals surface area contributed by atoms with Crippen molar-refractivity contribution in [3.8, 4) is 0 Å². The van der Waals surface area contributed by atoms with Crippen molar-refractivity contribution in [2.45, 2.75) is 31.7 Å². The minimum atomic E-state index is -1.01. The first-order valence-electron chi connectivity index (χ1n) is 9.82. The van der Waals surface area contributed by atoms with E-state index in [0.717, 1.165) is 28.6 Å². The van der Waals surface area contributed by atoms with Crippen LogP contribution in [0.2, 0.25) is 0 Å². The van der Waals surface area contributed by atoms with Crippen LogP contribution >= 0.6 is 0 Å². The average molecular weight is 373 g/mol. The maximum atomic E-state index is 12.9. The zero-order valence-electron chi connectivity index (χ0n) is 16.1. The normalized spacial score (nSPS) is 24.1. The van der Waals surface area contributed by atoms with Gasteiger partial charge in [-0.3, -0.25) is 9.59 Å². The van der Waals surface area contributed by atoms with E-state index in [9.17, 15) is 9.59 Å². The molecule has 28 heavy (non-hydrogen) atoms. The lowest BCUT2D eigenvalue weighted by atomic mass is 9.76. The maximum Gasteiger partial charge on any atom is 0.252 e. The summed E-state index contributed by atoms with van der Waals surface area (Å²) in [6.45, 7) is 4.56. The molecule has 0 bridgehead atoms. The topological polar surface area (TPSA) is 65.2 Å². The lowest BCUT2D eigenvalue weighted by molar-refractivity contribution is -0.154. The fourth-order valence-corrected chi connectivity index (χ4v) is 4.77. The number of hydrogen-bond acceptors (Lipinski definition) is 2. The van der Waals surface area contributed by atoms with Crippen LogP contribution in [-0.4, -0.2) is 34.8 Å². The van der Waals surface area contributed by atoms with Crippen LogP contribution in [0.5, 0.6) is 0 Å². The first kappa shape index (κ1) is 17.0. The third kappa shape index (κ3) is 2.19. The Labute approximate surface area is 163 Å². The molecule has 1 fully saturated rings. The molecule has 2 aliphatic rings. The number of para-hydroxylation sites is 1. The number of hydrogen-bond donors (Lipinski definition) is 2. The number of amides is 2. The molecule has 0 saturated carbocycles. The van der Waals surface area contributed by atoms with Crippen molar-refractivity contribution in [2.75, 3.05) is 13.1 Å². The molecule has 0 aliphatic carbocycles. The Balaban J connectivity index is 1.77. The number of benzene rings is 2. The number of rotatable bonds is 2. The van der Waals surface area contributed by atoms with Gasteiger partial charge < -0.3 is 15.2 Å². The SMILES string of the molecule is CCc1ccc([C@@H]2CN3C(=O)CNC(=O)[C@]3(C)c3[nH]c4ccccc4c32)cc1. The second-order valence-corrected chi connectivity index (χ2v) is 7.87. The molecule has 1 saturated heterocycles. The van der Waals surface area contributed by atoms with Gasteiger partial charge in [-0.15, -0.1) is 0 Å². The van der Waals surface area contributed by atoms with E-state index in [-0.39, 0.29) is 24.3 Å². The average Bonchev–Trinajstić information content (AvgIpc) is 3.12. The summed E-state index contributed by atoms with van der Waals surface area (Å²) in [7, 11) is 0. The summed E-state index contributed by atoms with van der Waals surface area (Å²) in [6.07, 6.45) is 0.992. The number of H-pyrrole nitrogens is 1. The summed E-state index contributed by atoms with van der Waals surface area (Å²) < 4.78 is 0. The molecule has 0 unspecified atom stereocenters. The van der Waals surface area contributed by atoms with E-state index in [1.165, 1.54) is 11.1 Å². The molecule has 0 spiro atoms. The number of nitrogens with one attached hydrogen (secondary N) is 2. The summed E-state index contributed by atoms with van der Waals surface area (Å²) in [5, 5.41) is 3.90. The van der Waals surface area contributed by atoms with E-state index in [2.05, 4.69) is 47.6 Å². The van der Waals surface area contributed by atoms with Crippen LogP contribution in [-0.2, 0) is 21.5 Å². The molecule has 2 amide bonds. The highest BCUT2D eigenvalue weighted by molar-refractivity contribution is 6.01. The number of nitrogens with zero attached hydrogens (tertiary/aromatic N) is 1. The maximum absolute atomic E-state index is 12.9. The molecule has 2 atom stereocenters. The van der Waals surface area contributed by atoms with Gasteiger partial charge in [-0.25, -0.2) is 0 Å². The fourth-order valence-electron chi connectivity index (χ4n) is 4.77. The molecule has 5 nitrogen and oxygen atoms in total. The zero-order chi connectivity index (χ0) is 19.5. The van der Waals surface area contributed by atoms with Crippen molar-refractivity contribution < 1.29 is 9.59 Å². The second-order valence-electron chi connectivity index (χ2n) is 7.87. The van der Waals surface area contributed by atoms with E-state index >= 15 is 0 Å². The van der Waals surface area contributed by atoms with Gasteiger partial charge in [-0.2, -0.15) is 0 Å². The van der Waals surface area contributed by atoms with Crippen LogP contribution in [0, 0.1) is 0 Å². The summed E-state index contributed by atoms with van der Waals surface area (Å²) >= 11 is 0. The summed E-state index contributed by atoms with van der Waals surface area (Å²) in [5.41, 5.74) is 4.40. The Kier molecular flexibility index (Phi) is 3.63. The monoisotopic (exact) mass is 373 g/mol. The molecule has 1 aromatic heterocycles. The number of piperazine rings is 1. The van der Waals surface area contributed by atoms with Crippen molar-refractivity contribution >= 4 is 22.7 Å². The largest absolute Gasteiger partial charge is 0.356 e. The van der Waals surface area contributed by atoms with Gasteiger partial charge in [0, 0.05) is 23.4 Å². The summed E-state index contributed by atoms with van der Waals surface area (Å²) in [4.78, 5) is 30.9. The van der Waals surface area contributed by atoms with Gasteiger partial charge in [0.2, 0.25) is 5.91 Å². The van der Waals surface area contributed by atoms with Gasteiger partial charge in [0.15, 0.2) is 5.54 Å². The van der Waals surface area contributed by atoms with Gasteiger partial charge in [0.25, 0.3) is 5.91 Å². The minimum absolute atomic E-state index is 0.0278. The highest BCUT2D eigenvalue weighted by Gasteiger charge is 2.53. The molecule has 2 aliphatic heterocycles. The van der Waals surface area contributed by atoms with Gasteiger partial charge in [0.1, 0.15) is 0 Å². The van der Waals surface area contributed by atoms with Crippen molar-refractivity contribution in [1.29, 1.82) is 0 Å². The van der Waals surface area contributed by atoms with E-state index in [0.29, 0.717) is 6.54 Å². The Morgan fingerprint density at radius 2 is 1.86 bits per heavy atom. The van der Waals surface area contributed by atoms with E-state index in [1.54, 1.807) is 4.90 Å². The molecule has 5 rings (SSSR count). The number of aromatic amines is 1. The molecule has 2 aromatic carbocycles. The van der Waals surface area contributed by atoms with Crippen LogP contribution in [0.25, 0.3) is 10.9 Å². The van der Waals surface area contributed by atoms with Gasteiger partial charge in [-0.1, -0.05) is 49.4 Å². The second kappa shape index (κ2) is 5.96. The lowest BCUT2D eigenvalue weighted by Gasteiger charge is -2.48. The number of fused-ring (bicyclic) bond motifs is 5. The number of carbonyl (C=O) groups is 2. The smallest absolute Gasteiger partial charge is 0.252 e. The molecule has 3 aromatic rings. The van der Waals surface area contributed by atoms with E-state index < -0.39 is 5.54 Å². The molecule has 2 N–H and O–H groups in total. The number of carbonyl (C=O) groups excluding carboxylic acids is 2. The lowest BCUT2D eigenvalue weighted by Crippen LogP contribution is -2.66. The molecule has 142 valence electrons. The van der Waals surface area contributed by atoms with E-state index in [4.69, 9.17) is 0 Å². The van der Waals surface area contributed by atoms with Crippen molar-refractivity contribution in [2.24, 2.45) is 0 Å². The zero-order valence-corrected chi connectivity index (χ0v) is 16.1. The van der Waals surface area contributed by atoms with Gasteiger partial charge in [-0.05, 0) is 36.1 Å². The fraction of sp³-hybridized carbons (Fsp3) is 0.304.